The van der Waals surface area contributed by atoms with Crippen LogP contribution in [-0.2, 0) is 4.74 Å². The molecule has 2 atom stereocenters. The van der Waals surface area contributed by atoms with Gasteiger partial charge < -0.3 is 10.5 Å². The largest absolute Gasteiger partial charge is 0.376 e. The topological polar surface area (TPSA) is 35.2 Å². The highest BCUT2D eigenvalue weighted by Crippen LogP contribution is 2.30. The molecule has 72 valence electrons. The van der Waals surface area contributed by atoms with Gasteiger partial charge in [-0.15, -0.1) is 0 Å². The molecular formula is C10H21NO. The summed E-state index contributed by atoms with van der Waals surface area (Å²) in [6.07, 6.45) is 4.46. The normalized spacial score (nSPS) is 36.8. The zero-order valence-corrected chi connectivity index (χ0v) is 8.25. The van der Waals surface area contributed by atoms with Crippen LogP contribution in [0.15, 0.2) is 0 Å². The van der Waals surface area contributed by atoms with Crippen molar-refractivity contribution in [2.45, 2.75) is 39.2 Å². The van der Waals surface area contributed by atoms with Gasteiger partial charge in [-0.2, -0.15) is 0 Å². The zero-order valence-electron chi connectivity index (χ0n) is 8.25. The summed E-state index contributed by atoms with van der Waals surface area (Å²) in [7, 11) is 0. The molecule has 0 aromatic heterocycles. The average Bonchev–Trinajstić information content (AvgIpc) is 2.04. The minimum atomic E-state index is 0.460. The molecule has 0 bridgehead atoms. The Labute approximate surface area is 75.5 Å². The van der Waals surface area contributed by atoms with E-state index in [1.54, 1.807) is 0 Å². The Bertz CT molecular complexity index is 117. The summed E-state index contributed by atoms with van der Waals surface area (Å²) in [5, 5.41) is 0. The molecule has 1 aliphatic rings. The lowest BCUT2D eigenvalue weighted by molar-refractivity contribution is -0.0340. The van der Waals surface area contributed by atoms with Crippen molar-refractivity contribution < 1.29 is 4.74 Å². The average molecular weight is 171 g/mol. The van der Waals surface area contributed by atoms with Crippen LogP contribution in [0, 0.1) is 11.8 Å². The first kappa shape index (κ1) is 10.0. The second kappa shape index (κ2) is 4.83. The Morgan fingerprint density at radius 2 is 1.83 bits per heavy atom. The van der Waals surface area contributed by atoms with E-state index in [4.69, 9.17) is 10.5 Å². The van der Waals surface area contributed by atoms with E-state index in [1.807, 2.05) is 0 Å². The number of rotatable bonds is 3. The molecule has 0 saturated heterocycles. The lowest BCUT2D eigenvalue weighted by Gasteiger charge is -2.34. The van der Waals surface area contributed by atoms with Crippen molar-refractivity contribution in [3.05, 3.63) is 0 Å². The number of nitrogens with two attached hydrogens (primary N) is 1. The third kappa shape index (κ3) is 2.46. The molecule has 0 amide bonds. The van der Waals surface area contributed by atoms with E-state index in [0.29, 0.717) is 12.6 Å². The second-order valence-electron chi connectivity index (χ2n) is 4.01. The van der Waals surface area contributed by atoms with Gasteiger partial charge in [0.2, 0.25) is 0 Å². The van der Waals surface area contributed by atoms with Gasteiger partial charge in [0.25, 0.3) is 0 Å². The molecular weight excluding hydrogens is 150 g/mol. The van der Waals surface area contributed by atoms with Gasteiger partial charge in [-0.1, -0.05) is 20.3 Å². The predicted octanol–water partition coefficient (Wildman–Crippen LogP) is 1.79. The van der Waals surface area contributed by atoms with Crippen molar-refractivity contribution in [1.82, 2.24) is 0 Å². The maximum absolute atomic E-state index is 5.73. The molecule has 1 saturated carbocycles. The van der Waals surface area contributed by atoms with Gasteiger partial charge in [-0.25, -0.2) is 0 Å². The third-order valence-corrected chi connectivity index (χ3v) is 2.87. The molecule has 0 aromatic rings. The van der Waals surface area contributed by atoms with Crippen molar-refractivity contribution in [2.24, 2.45) is 17.6 Å². The molecule has 0 aliphatic heterocycles. The van der Waals surface area contributed by atoms with E-state index >= 15 is 0 Å². The standard InChI is InChI=1S/C10H21NO/c1-8-4-3-5-9(2)10(8)12-7-6-11/h8-10H,3-7,11H2,1-2H3. The second-order valence-corrected chi connectivity index (χ2v) is 4.01. The Balaban J connectivity index is 2.34. The van der Waals surface area contributed by atoms with E-state index in [0.717, 1.165) is 18.4 Å². The van der Waals surface area contributed by atoms with Gasteiger partial charge in [0.1, 0.15) is 0 Å². The van der Waals surface area contributed by atoms with Crippen LogP contribution >= 0.6 is 0 Å². The fraction of sp³-hybridized carbons (Fsp3) is 1.00. The summed E-state index contributed by atoms with van der Waals surface area (Å²) in [6.45, 7) is 5.95. The maximum Gasteiger partial charge on any atom is 0.0626 e. The molecule has 0 spiro atoms. The molecule has 2 N–H and O–H groups in total. The van der Waals surface area contributed by atoms with Crippen LogP contribution in [0.5, 0.6) is 0 Å². The fourth-order valence-electron chi connectivity index (χ4n) is 2.18. The summed E-state index contributed by atoms with van der Waals surface area (Å²) in [5.41, 5.74) is 5.41. The van der Waals surface area contributed by atoms with Crippen molar-refractivity contribution in [1.29, 1.82) is 0 Å². The molecule has 0 radical (unpaired) electrons. The Morgan fingerprint density at radius 1 is 1.25 bits per heavy atom. The molecule has 2 nitrogen and oxygen atoms in total. The first-order chi connectivity index (χ1) is 5.75. The molecule has 1 fully saturated rings. The van der Waals surface area contributed by atoms with Crippen LogP contribution in [0.4, 0.5) is 0 Å². The lowest BCUT2D eigenvalue weighted by atomic mass is 9.81. The first-order valence-electron chi connectivity index (χ1n) is 5.07. The van der Waals surface area contributed by atoms with Crippen LogP contribution < -0.4 is 5.73 Å². The lowest BCUT2D eigenvalue weighted by Crippen LogP contribution is -2.34. The van der Waals surface area contributed by atoms with E-state index in [9.17, 15) is 0 Å². The maximum atomic E-state index is 5.73. The van der Waals surface area contributed by atoms with Crippen LogP contribution in [0.25, 0.3) is 0 Å². The van der Waals surface area contributed by atoms with E-state index in [-0.39, 0.29) is 0 Å². The fourth-order valence-corrected chi connectivity index (χ4v) is 2.18. The van der Waals surface area contributed by atoms with Crippen LogP contribution in [0.2, 0.25) is 0 Å². The summed E-state index contributed by atoms with van der Waals surface area (Å²) in [4.78, 5) is 0. The number of hydrogen-bond donors (Lipinski definition) is 1. The van der Waals surface area contributed by atoms with Gasteiger partial charge >= 0.3 is 0 Å². The predicted molar refractivity (Wildman–Crippen MR) is 51.0 cm³/mol. The Hall–Kier alpha value is -0.0800. The highest BCUT2D eigenvalue weighted by molar-refractivity contribution is 4.78. The summed E-state index contributed by atoms with van der Waals surface area (Å²) >= 11 is 0. The monoisotopic (exact) mass is 171 g/mol. The molecule has 12 heavy (non-hydrogen) atoms. The van der Waals surface area contributed by atoms with Crippen LogP contribution in [-0.4, -0.2) is 19.3 Å². The van der Waals surface area contributed by atoms with Gasteiger partial charge in [-0.3, -0.25) is 0 Å². The van der Waals surface area contributed by atoms with E-state index < -0.39 is 0 Å². The minimum absolute atomic E-state index is 0.460. The van der Waals surface area contributed by atoms with Crippen LogP contribution in [0.1, 0.15) is 33.1 Å². The Kier molecular flexibility index (Phi) is 4.02. The molecule has 0 heterocycles. The molecule has 2 unspecified atom stereocenters. The van der Waals surface area contributed by atoms with Gasteiger partial charge in [0.15, 0.2) is 0 Å². The van der Waals surface area contributed by atoms with E-state index in [1.165, 1.54) is 19.3 Å². The Morgan fingerprint density at radius 3 is 2.33 bits per heavy atom. The SMILES string of the molecule is CC1CCCC(C)C1OCCN. The van der Waals surface area contributed by atoms with Gasteiger partial charge in [-0.05, 0) is 24.7 Å². The zero-order chi connectivity index (χ0) is 8.97. The summed E-state index contributed by atoms with van der Waals surface area (Å²) in [6, 6.07) is 0. The first-order valence-corrected chi connectivity index (χ1v) is 5.07. The van der Waals surface area contributed by atoms with Crippen molar-refractivity contribution in [3.8, 4) is 0 Å². The highest BCUT2D eigenvalue weighted by atomic mass is 16.5. The minimum Gasteiger partial charge on any atom is -0.376 e. The highest BCUT2D eigenvalue weighted by Gasteiger charge is 2.27. The summed E-state index contributed by atoms with van der Waals surface area (Å²) < 4.78 is 5.73. The van der Waals surface area contributed by atoms with Crippen molar-refractivity contribution in [3.63, 3.8) is 0 Å². The molecule has 0 aromatic carbocycles. The number of ether oxygens (including phenoxy) is 1. The number of hydrogen-bond acceptors (Lipinski definition) is 2. The summed E-state index contributed by atoms with van der Waals surface area (Å²) in [5.74, 6) is 1.44. The van der Waals surface area contributed by atoms with Crippen molar-refractivity contribution >= 4 is 0 Å². The quantitative estimate of drug-likeness (QED) is 0.702. The molecule has 2 heteroatoms. The van der Waals surface area contributed by atoms with E-state index in [2.05, 4.69) is 13.8 Å². The van der Waals surface area contributed by atoms with Gasteiger partial charge in [0, 0.05) is 6.54 Å². The molecule has 1 rings (SSSR count). The third-order valence-electron chi connectivity index (χ3n) is 2.87. The molecule has 1 aliphatic carbocycles. The van der Waals surface area contributed by atoms with Crippen molar-refractivity contribution in [2.75, 3.05) is 13.2 Å². The van der Waals surface area contributed by atoms with Gasteiger partial charge in [0.05, 0.1) is 12.7 Å². The van der Waals surface area contributed by atoms with Crippen LogP contribution in [0.3, 0.4) is 0 Å². The smallest absolute Gasteiger partial charge is 0.0626 e.